The predicted octanol–water partition coefficient (Wildman–Crippen LogP) is 2.49. The second-order valence-electron chi connectivity index (χ2n) is 4.24. The largest absolute Gasteiger partial charge is 0.299 e. The minimum Gasteiger partial charge on any atom is -0.299 e. The maximum absolute atomic E-state index is 13.7. The molecule has 1 aliphatic heterocycles. The minimum atomic E-state index is -0.181. The Morgan fingerprint density at radius 3 is 2.69 bits per heavy atom. The fourth-order valence-corrected chi connectivity index (χ4v) is 2.10. The van der Waals surface area contributed by atoms with Gasteiger partial charge in [0.2, 0.25) is 0 Å². The molecule has 0 atom stereocenters. The number of hydrogen-bond donors (Lipinski definition) is 0. The number of likely N-dealkylation sites (tertiary alicyclic amines) is 1. The molecule has 1 heterocycles. The average molecular weight is 218 g/mol. The van der Waals surface area contributed by atoms with Crippen LogP contribution in [0, 0.1) is 17.1 Å². The van der Waals surface area contributed by atoms with E-state index in [1.807, 2.05) is 12.1 Å². The van der Waals surface area contributed by atoms with Gasteiger partial charge in [-0.3, -0.25) is 4.90 Å². The summed E-state index contributed by atoms with van der Waals surface area (Å²) in [7, 11) is 0. The number of halogens is 1. The maximum atomic E-state index is 13.7. The molecular formula is C13H15FN2. The van der Waals surface area contributed by atoms with Crippen molar-refractivity contribution in [2.75, 3.05) is 13.1 Å². The minimum absolute atomic E-state index is 0.181. The predicted molar refractivity (Wildman–Crippen MR) is 60.2 cm³/mol. The molecule has 1 saturated heterocycles. The molecule has 84 valence electrons. The summed E-state index contributed by atoms with van der Waals surface area (Å²) >= 11 is 0. The van der Waals surface area contributed by atoms with E-state index < -0.39 is 0 Å². The van der Waals surface area contributed by atoms with Crippen LogP contribution in [0.15, 0.2) is 18.2 Å². The highest BCUT2D eigenvalue weighted by Gasteiger charge is 2.13. The normalized spacial score (nSPS) is 16.2. The van der Waals surface area contributed by atoms with Gasteiger partial charge in [-0.05, 0) is 37.6 Å². The maximum Gasteiger partial charge on any atom is 0.128 e. The van der Waals surface area contributed by atoms with Gasteiger partial charge in [-0.15, -0.1) is 0 Å². The SMILES string of the molecule is N#CCc1ccc(CN2CCCC2)c(F)c1. The van der Waals surface area contributed by atoms with Crippen LogP contribution in [0.1, 0.15) is 24.0 Å². The highest BCUT2D eigenvalue weighted by molar-refractivity contribution is 5.26. The van der Waals surface area contributed by atoms with Gasteiger partial charge in [0.15, 0.2) is 0 Å². The quantitative estimate of drug-likeness (QED) is 0.779. The number of nitriles is 1. The molecule has 2 nitrogen and oxygen atoms in total. The zero-order valence-corrected chi connectivity index (χ0v) is 9.25. The van der Waals surface area contributed by atoms with Gasteiger partial charge in [-0.1, -0.05) is 12.1 Å². The molecule has 0 N–H and O–H groups in total. The van der Waals surface area contributed by atoms with Crippen LogP contribution in [0.4, 0.5) is 4.39 Å². The van der Waals surface area contributed by atoms with Crippen molar-refractivity contribution in [2.45, 2.75) is 25.8 Å². The van der Waals surface area contributed by atoms with Crippen LogP contribution in [-0.2, 0) is 13.0 Å². The molecule has 0 aromatic heterocycles. The zero-order chi connectivity index (χ0) is 11.4. The Morgan fingerprint density at radius 2 is 2.06 bits per heavy atom. The lowest BCUT2D eigenvalue weighted by atomic mass is 10.1. The summed E-state index contributed by atoms with van der Waals surface area (Å²) in [6.45, 7) is 2.83. The van der Waals surface area contributed by atoms with Gasteiger partial charge in [0.25, 0.3) is 0 Å². The summed E-state index contributed by atoms with van der Waals surface area (Å²) in [4.78, 5) is 2.27. The second kappa shape index (κ2) is 5.09. The Kier molecular flexibility index (Phi) is 3.53. The van der Waals surface area contributed by atoms with E-state index in [1.165, 1.54) is 18.9 Å². The average Bonchev–Trinajstić information content (AvgIpc) is 2.75. The summed E-state index contributed by atoms with van der Waals surface area (Å²) in [5.41, 5.74) is 1.49. The molecule has 3 heteroatoms. The van der Waals surface area contributed by atoms with Gasteiger partial charge in [0, 0.05) is 12.1 Å². The molecule has 16 heavy (non-hydrogen) atoms. The number of hydrogen-bond acceptors (Lipinski definition) is 2. The molecule has 0 unspecified atom stereocenters. The molecule has 0 aliphatic carbocycles. The molecule has 1 aromatic rings. The van der Waals surface area contributed by atoms with Gasteiger partial charge in [-0.25, -0.2) is 4.39 Å². The van der Waals surface area contributed by atoms with E-state index in [0.717, 1.165) is 24.2 Å². The van der Waals surface area contributed by atoms with Crippen LogP contribution in [0.3, 0.4) is 0 Å². The van der Waals surface area contributed by atoms with Crippen LogP contribution >= 0.6 is 0 Å². The summed E-state index contributed by atoms with van der Waals surface area (Å²) in [5, 5.41) is 8.53. The Balaban J connectivity index is 2.07. The first-order valence-electron chi connectivity index (χ1n) is 5.66. The third kappa shape index (κ3) is 2.59. The number of benzene rings is 1. The van der Waals surface area contributed by atoms with Gasteiger partial charge < -0.3 is 0 Å². The molecule has 0 spiro atoms. The molecule has 0 amide bonds. The lowest BCUT2D eigenvalue weighted by molar-refractivity contribution is 0.325. The van der Waals surface area contributed by atoms with E-state index in [0.29, 0.717) is 6.54 Å². The fraction of sp³-hybridized carbons (Fsp3) is 0.462. The van der Waals surface area contributed by atoms with Gasteiger partial charge in [0.05, 0.1) is 12.5 Å². The van der Waals surface area contributed by atoms with Gasteiger partial charge >= 0.3 is 0 Å². The fourth-order valence-electron chi connectivity index (χ4n) is 2.10. The molecule has 0 bridgehead atoms. The standard InChI is InChI=1S/C13H15FN2/c14-13-9-11(5-6-15)3-4-12(13)10-16-7-1-2-8-16/h3-4,9H,1-2,5,7-8,10H2. The van der Waals surface area contributed by atoms with E-state index in [1.54, 1.807) is 6.07 Å². The topological polar surface area (TPSA) is 27.0 Å². The molecular weight excluding hydrogens is 203 g/mol. The summed E-state index contributed by atoms with van der Waals surface area (Å²) in [5.74, 6) is -0.181. The third-order valence-electron chi connectivity index (χ3n) is 2.99. The lowest BCUT2D eigenvalue weighted by Gasteiger charge is -2.15. The summed E-state index contributed by atoms with van der Waals surface area (Å²) in [6, 6.07) is 7.16. The number of nitrogens with zero attached hydrogens (tertiary/aromatic N) is 2. The molecule has 0 radical (unpaired) electrons. The van der Waals surface area contributed by atoms with Crippen molar-refractivity contribution in [3.05, 3.63) is 35.1 Å². The van der Waals surface area contributed by atoms with E-state index in [-0.39, 0.29) is 12.2 Å². The summed E-state index contributed by atoms with van der Waals surface area (Å²) < 4.78 is 13.7. The highest BCUT2D eigenvalue weighted by atomic mass is 19.1. The van der Waals surface area contributed by atoms with Crippen molar-refractivity contribution in [1.82, 2.24) is 4.90 Å². The van der Waals surface area contributed by atoms with Crippen LogP contribution in [0.2, 0.25) is 0 Å². The first kappa shape index (κ1) is 11.1. The lowest BCUT2D eigenvalue weighted by Crippen LogP contribution is -2.19. The Labute approximate surface area is 95.3 Å². The van der Waals surface area contributed by atoms with Crippen LogP contribution < -0.4 is 0 Å². The van der Waals surface area contributed by atoms with Gasteiger partial charge in [-0.2, -0.15) is 5.26 Å². The van der Waals surface area contributed by atoms with E-state index >= 15 is 0 Å². The summed E-state index contributed by atoms with van der Waals surface area (Å²) in [6.07, 6.45) is 2.71. The van der Waals surface area contributed by atoms with Crippen LogP contribution in [0.5, 0.6) is 0 Å². The van der Waals surface area contributed by atoms with Crippen molar-refractivity contribution < 1.29 is 4.39 Å². The molecule has 2 rings (SSSR count). The molecule has 1 aliphatic rings. The Bertz CT molecular complexity index is 403. The van der Waals surface area contributed by atoms with Crippen molar-refractivity contribution in [3.8, 4) is 6.07 Å². The van der Waals surface area contributed by atoms with Crippen molar-refractivity contribution in [2.24, 2.45) is 0 Å². The van der Waals surface area contributed by atoms with E-state index in [2.05, 4.69) is 4.90 Å². The van der Waals surface area contributed by atoms with Crippen molar-refractivity contribution >= 4 is 0 Å². The van der Waals surface area contributed by atoms with Crippen LogP contribution in [-0.4, -0.2) is 18.0 Å². The van der Waals surface area contributed by atoms with Crippen molar-refractivity contribution in [3.63, 3.8) is 0 Å². The first-order chi connectivity index (χ1) is 7.79. The van der Waals surface area contributed by atoms with Gasteiger partial charge in [0.1, 0.15) is 5.82 Å². The Morgan fingerprint density at radius 1 is 1.31 bits per heavy atom. The molecule has 1 aromatic carbocycles. The van der Waals surface area contributed by atoms with Crippen LogP contribution in [0.25, 0.3) is 0 Å². The first-order valence-corrected chi connectivity index (χ1v) is 5.66. The smallest absolute Gasteiger partial charge is 0.128 e. The highest BCUT2D eigenvalue weighted by Crippen LogP contribution is 2.16. The monoisotopic (exact) mass is 218 g/mol. The zero-order valence-electron chi connectivity index (χ0n) is 9.25. The third-order valence-corrected chi connectivity index (χ3v) is 2.99. The molecule has 1 fully saturated rings. The Hall–Kier alpha value is -1.40. The van der Waals surface area contributed by atoms with E-state index in [9.17, 15) is 4.39 Å². The van der Waals surface area contributed by atoms with Crippen molar-refractivity contribution in [1.29, 1.82) is 5.26 Å². The second-order valence-corrected chi connectivity index (χ2v) is 4.24. The molecule has 0 saturated carbocycles. The number of rotatable bonds is 3. The van der Waals surface area contributed by atoms with E-state index in [4.69, 9.17) is 5.26 Å².